The first-order valence-electron chi connectivity index (χ1n) is 10.7. The molecule has 0 bridgehead atoms. The molecule has 0 saturated carbocycles. The summed E-state index contributed by atoms with van der Waals surface area (Å²) in [5, 5.41) is 17.8. The second-order valence-electron chi connectivity index (χ2n) is 7.21. The number of benzene rings is 1. The van der Waals surface area contributed by atoms with E-state index in [4.69, 9.17) is 5.11 Å². The second-order valence-corrected chi connectivity index (χ2v) is 8.53. The van der Waals surface area contributed by atoms with E-state index in [1.54, 1.807) is 0 Å². The molecule has 29 heavy (non-hydrogen) atoms. The van der Waals surface area contributed by atoms with Crippen LogP contribution in [0.5, 0.6) is 0 Å². The first-order valence-corrected chi connectivity index (χ1v) is 11.7. The maximum Gasteiger partial charge on any atom is 0.304 e. The van der Waals surface area contributed by atoms with Crippen molar-refractivity contribution in [2.75, 3.05) is 5.75 Å². The highest BCUT2D eigenvalue weighted by Gasteiger charge is 2.19. The second kappa shape index (κ2) is 15.9. The fourth-order valence-corrected chi connectivity index (χ4v) is 4.32. The van der Waals surface area contributed by atoms with Crippen molar-refractivity contribution < 1.29 is 19.8 Å². The lowest BCUT2D eigenvalue weighted by molar-refractivity contribution is -0.137. The minimum absolute atomic E-state index is 0.0209. The van der Waals surface area contributed by atoms with E-state index >= 15 is 0 Å². The van der Waals surface area contributed by atoms with Crippen LogP contribution >= 0.6 is 11.8 Å². The molecule has 0 aliphatic carbocycles. The molecule has 0 aliphatic rings. The number of thioether (sulfide) groups is 1. The van der Waals surface area contributed by atoms with Gasteiger partial charge in [-0.1, -0.05) is 81.9 Å². The van der Waals surface area contributed by atoms with E-state index in [1.807, 2.05) is 24.3 Å². The van der Waals surface area contributed by atoms with Gasteiger partial charge in [-0.05, 0) is 18.1 Å². The first kappa shape index (κ1) is 25.1. The van der Waals surface area contributed by atoms with Crippen LogP contribution < -0.4 is 0 Å². The van der Waals surface area contributed by atoms with E-state index in [1.165, 1.54) is 56.7 Å². The molecule has 0 amide bonds. The molecular formula is C24H34O4S. The van der Waals surface area contributed by atoms with Crippen LogP contribution in [0.25, 0.3) is 0 Å². The van der Waals surface area contributed by atoms with E-state index < -0.39 is 11.9 Å². The summed E-state index contributed by atoms with van der Waals surface area (Å²) in [5.41, 5.74) is 1.73. The fraction of sp³-hybridized carbons (Fsp3) is 0.583. The molecule has 0 aliphatic heterocycles. The summed E-state index contributed by atoms with van der Waals surface area (Å²) in [7, 11) is 0. The molecule has 0 aromatic heterocycles. The van der Waals surface area contributed by atoms with Crippen molar-refractivity contribution in [3.63, 3.8) is 0 Å². The highest BCUT2D eigenvalue weighted by atomic mass is 32.2. The largest absolute Gasteiger partial charge is 0.481 e. The fourth-order valence-electron chi connectivity index (χ4n) is 3.10. The number of aliphatic carboxylic acids is 2. The third-order valence-corrected chi connectivity index (χ3v) is 5.94. The van der Waals surface area contributed by atoms with Crippen molar-refractivity contribution in [2.45, 2.75) is 82.8 Å². The van der Waals surface area contributed by atoms with Crippen LogP contribution in [-0.2, 0) is 9.59 Å². The van der Waals surface area contributed by atoms with Crippen LogP contribution in [0.2, 0.25) is 0 Å². The standard InChI is InChI=1S/C24H34O4S/c1-2-3-4-5-6-7-8-9-10-11-14-20-15-12-13-16-21(20)22(19-24(27)28)29-18-17-23(25)26/h12-13,15-16,22H,2-10,17-19H2,1H3,(H,25,26)(H,27,28). The van der Waals surface area contributed by atoms with Crippen LogP contribution in [0.1, 0.15) is 93.9 Å². The Morgan fingerprint density at radius 1 is 0.966 bits per heavy atom. The van der Waals surface area contributed by atoms with Crippen molar-refractivity contribution >= 4 is 23.7 Å². The quantitative estimate of drug-likeness (QED) is 0.258. The van der Waals surface area contributed by atoms with Gasteiger partial charge in [0.1, 0.15) is 0 Å². The van der Waals surface area contributed by atoms with Gasteiger partial charge in [0, 0.05) is 23.0 Å². The van der Waals surface area contributed by atoms with Gasteiger partial charge in [0.15, 0.2) is 0 Å². The average Bonchev–Trinajstić information content (AvgIpc) is 2.68. The van der Waals surface area contributed by atoms with E-state index in [9.17, 15) is 14.7 Å². The number of rotatable bonds is 15. The number of carboxylic acids is 2. The lowest BCUT2D eigenvalue weighted by atomic mass is 10.0. The van der Waals surface area contributed by atoms with Crippen molar-refractivity contribution in [2.24, 2.45) is 0 Å². The Kier molecular flexibility index (Phi) is 13.8. The SMILES string of the molecule is CCCCCCCCCCC#Cc1ccccc1C(CC(=O)O)SCCC(=O)O. The molecule has 2 N–H and O–H groups in total. The zero-order valence-electron chi connectivity index (χ0n) is 17.5. The number of hydrogen-bond donors (Lipinski definition) is 2. The highest BCUT2D eigenvalue weighted by Crippen LogP contribution is 2.34. The maximum atomic E-state index is 11.3. The van der Waals surface area contributed by atoms with Gasteiger partial charge in [0.2, 0.25) is 0 Å². The van der Waals surface area contributed by atoms with Crippen molar-refractivity contribution in [1.82, 2.24) is 0 Å². The zero-order chi connectivity index (χ0) is 21.3. The van der Waals surface area contributed by atoms with Crippen LogP contribution in [0.15, 0.2) is 24.3 Å². The summed E-state index contributed by atoms with van der Waals surface area (Å²) in [4.78, 5) is 22.0. The maximum absolute atomic E-state index is 11.3. The van der Waals surface area contributed by atoms with Crippen LogP contribution in [0.3, 0.4) is 0 Å². The van der Waals surface area contributed by atoms with Crippen LogP contribution in [0.4, 0.5) is 0 Å². The zero-order valence-corrected chi connectivity index (χ0v) is 18.3. The number of carbonyl (C=O) groups is 2. The molecule has 160 valence electrons. The number of hydrogen-bond acceptors (Lipinski definition) is 3. The summed E-state index contributed by atoms with van der Waals surface area (Å²) in [6.45, 7) is 2.23. The molecule has 0 saturated heterocycles. The molecule has 0 heterocycles. The Bertz CT molecular complexity index is 675. The van der Waals surface area contributed by atoms with Crippen LogP contribution in [0, 0.1) is 11.8 Å². The van der Waals surface area contributed by atoms with E-state index in [2.05, 4.69) is 18.8 Å². The Morgan fingerprint density at radius 3 is 2.28 bits per heavy atom. The number of carboxylic acid groups (broad SMARTS) is 2. The summed E-state index contributed by atoms with van der Waals surface area (Å²) < 4.78 is 0. The van der Waals surface area contributed by atoms with Gasteiger partial charge in [-0.2, -0.15) is 11.8 Å². The van der Waals surface area contributed by atoms with Gasteiger partial charge >= 0.3 is 11.9 Å². The molecule has 1 aromatic rings. The lowest BCUT2D eigenvalue weighted by Crippen LogP contribution is -2.07. The van der Waals surface area contributed by atoms with Crippen LogP contribution in [-0.4, -0.2) is 27.9 Å². The average molecular weight is 419 g/mol. The molecule has 1 unspecified atom stereocenters. The topological polar surface area (TPSA) is 74.6 Å². The summed E-state index contributed by atoms with van der Waals surface area (Å²) >= 11 is 1.37. The van der Waals surface area contributed by atoms with Crippen molar-refractivity contribution in [3.8, 4) is 11.8 Å². The Labute approximate surface area is 179 Å². The molecule has 1 aromatic carbocycles. The van der Waals surface area contributed by atoms with Crippen molar-refractivity contribution in [3.05, 3.63) is 35.4 Å². The molecular weight excluding hydrogens is 384 g/mol. The smallest absolute Gasteiger partial charge is 0.304 e. The molecule has 0 spiro atoms. The third kappa shape index (κ3) is 12.3. The van der Waals surface area contributed by atoms with Gasteiger partial charge in [0.25, 0.3) is 0 Å². The van der Waals surface area contributed by atoms with E-state index in [0.717, 1.165) is 24.0 Å². The first-order chi connectivity index (χ1) is 14.0. The third-order valence-electron chi connectivity index (χ3n) is 4.68. The molecule has 0 radical (unpaired) electrons. The minimum Gasteiger partial charge on any atom is -0.481 e. The van der Waals surface area contributed by atoms with Gasteiger partial charge in [0.05, 0.1) is 12.8 Å². The summed E-state index contributed by atoms with van der Waals surface area (Å²) in [6, 6.07) is 7.61. The number of unbranched alkanes of at least 4 members (excludes halogenated alkanes) is 8. The molecule has 1 rings (SSSR count). The van der Waals surface area contributed by atoms with Gasteiger partial charge < -0.3 is 10.2 Å². The summed E-state index contributed by atoms with van der Waals surface area (Å²) in [6.07, 6.45) is 11.0. The Hall–Kier alpha value is -1.93. The molecule has 5 heteroatoms. The van der Waals surface area contributed by atoms with E-state index in [0.29, 0.717) is 5.75 Å². The van der Waals surface area contributed by atoms with E-state index in [-0.39, 0.29) is 18.1 Å². The minimum atomic E-state index is -0.889. The molecule has 0 fully saturated rings. The van der Waals surface area contributed by atoms with Crippen molar-refractivity contribution in [1.29, 1.82) is 0 Å². The molecule has 4 nitrogen and oxygen atoms in total. The van der Waals surface area contributed by atoms with Gasteiger partial charge in [-0.3, -0.25) is 9.59 Å². The summed E-state index contributed by atoms with van der Waals surface area (Å²) in [5.74, 6) is 5.07. The normalized spacial score (nSPS) is 11.5. The van der Waals surface area contributed by atoms with Gasteiger partial charge in [-0.15, -0.1) is 0 Å². The Balaban J connectivity index is 2.57. The van der Waals surface area contributed by atoms with Gasteiger partial charge in [-0.25, -0.2) is 0 Å². The predicted octanol–water partition coefficient (Wildman–Crippen LogP) is 6.29. The lowest BCUT2D eigenvalue weighted by Gasteiger charge is -2.16. The molecule has 1 atom stereocenters. The highest BCUT2D eigenvalue weighted by molar-refractivity contribution is 7.99. The Morgan fingerprint density at radius 2 is 1.62 bits per heavy atom. The predicted molar refractivity (Wildman–Crippen MR) is 120 cm³/mol. The monoisotopic (exact) mass is 418 g/mol.